The van der Waals surface area contributed by atoms with E-state index in [1.807, 2.05) is 43.3 Å². The first kappa shape index (κ1) is 29.0. The molecule has 0 unspecified atom stereocenters. The van der Waals surface area contributed by atoms with Crippen LogP contribution in [0.5, 0.6) is 0 Å². The monoisotopic (exact) mass is 626 g/mol. The summed E-state index contributed by atoms with van der Waals surface area (Å²) >= 11 is 0. The summed E-state index contributed by atoms with van der Waals surface area (Å²) in [6, 6.07) is 23.9. The Morgan fingerprint density at radius 1 is 0.851 bits per heavy atom. The molecule has 0 aliphatic carbocycles. The lowest BCUT2D eigenvalue weighted by Crippen LogP contribution is -2.53. The van der Waals surface area contributed by atoms with Crippen LogP contribution < -0.4 is 15.1 Å². The van der Waals surface area contributed by atoms with Crippen molar-refractivity contribution in [1.82, 2.24) is 30.0 Å². The van der Waals surface area contributed by atoms with Gasteiger partial charge in [0.1, 0.15) is 24.0 Å². The van der Waals surface area contributed by atoms with E-state index in [0.29, 0.717) is 12.0 Å². The van der Waals surface area contributed by atoms with Gasteiger partial charge < -0.3 is 4.90 Å². The predicted molar refractivity (Wildman–Crippen MR) is 178 cm³/mol. The molecule has 3 aromatic carbocycles. The second-order valence-corrected chi connectivity index (χ2v) is 12.5. The lowest BCUT2D eigenvalue weighted by molar-refractivity contribution is -0.134. The number of nitrogens with zero attached hydrogens (tertiary/aromatic N) is 7. The minimum absolute atomic E-state index is 0.186. The molecule has 5 heterocycles. The smallest absolute Gasteiger partial charge is 0.259 e. The number of pyridine rings is 1. The number of nitrogens with one attached hydrogen (secondary N) is 1. The fourth-order valence-electron chi connectivity index (χ4n) is 7.01. The van der Waals surface area contributed by atoms with Gasteiger partial charge >= 0.3 is 0 Å². The molecule has 47 heavy (non-hydrogen) atoms. The van der Waals surface area contributed by atoms with Gasteiger partial charge in [0.15, 0.2) is 5.82 Å². The lowest BCUT2D eigenvalue weighted by atomic mass is 9.95. The number of carbonyl (C=O) groups excluding carboxylic acids is 3. The van der Waals surface area contributed by atoms with Gasteiger partial charge in [-0.1, -0.05) is 48.5 Å². The summed E-state index contributed by atoms with van der Waals surface area (Å²) in [4.78, 5) is 53.3. The normalized spacial score (nSPS) is 18.3. The van der Waals surface area contributed by atoms with Gasteiger partial charge in [-0.3, -0.25) is 29.5 Å². The second-order valence-electron chi connectivity index (χ2n) is 12.5. The molecule has 1 N–H and O–H groups in total. The van der Waals surface area contributed by atoms with Crippen LogP contribution in [0.4, 0.5) is 11.5 Å². The molecule has 3 amide bonds. The Bertz CT molecular complexity index is 2030. The number of rotatable bonds is 7. The number of imide groups is 1. The van der Waals surface area contributed by atoms with E-state index in [1.54, 1.807) is 15.9 Å². The summed E-state index contributed by atoms with van der Waals surface area (Å²) in [6.07, 6.45) is 2.97. The van der Waals surface area contributed by atoms with Crippen LogP contribution in [0.25, 0.3) is 16.6 Å². The van der Waals surface area contributed by atoms with Crippen molar-refractivity contribution < 1.29 is 14.4 Å². The van der Waals surface area contributed by atoms with Gasteiger partial charge in [-0.15, -0.1) is 0 Å². The van der Waals surface area contributed by atoms with Gasteiger partial charge in [-0.05, 0) is 66.1 Å². The summed E-state index contributed by atoms with van der Waals surface area (Å²) in [5.74, 6) is 1.55. The third-order valence-corrected chi connectivity index (χ3v) is 9.42. The Balaban J connectivity index is 0.924. The zero-order valence-electron chi connectivity index (χ0n) is 26.1. The number of piperidine rings is 1. The van der Waals surface area contributed by atoms with Crippen LogP contribution in [0.1, 0.15) is 45.7 Å². The average molecular weight is 627 g/mol. The largest absolute Gasteiger partial charge is 0.354 e. The molecule has 0 spiro atoms. The maximum absolute atomic E-state index is 13.5. The molecule has 5 aromatic rings. The van der Waals surface area contributed by atoms with Gasteiger partial charge in [-0.2, -0.15) is 5.10 Å². The number of piperazine rings is 1. The molecule has 11 heteroatoms. The molecule has 1 atom stereocenters. The highest BCUT2D eigenvalue weighted by Gasteiger charge is 2.40. The van der Waals surface area contributed by atoms with E-state index in [0.717, 1.165) is 78.6 Å². The Morgan fingerprint density at radius 2 is 1.62 bits per heavy atom. The summed E-state index contributed by atoms with van der Waals surface area (Å²) < 4.78 is 1.71. The van der Waals surface area contributed by atoms with Crippen LogP contribution >= 0.6 is 0 Å². The lowest BCUT2D eigenvalue weighted by Gasteiger charge is -2.35. The molecular formula is C36H34N8O3. The van der Waals surface area contributed by atoms with E-state index in [1.165, 1.54) is 11.1 Å². The highest BCUT2D eigenvalue weighted by molar-refractivity contribution is 6.27. The summed E-state index contributed by atoms with van der Waals surface area (Å²) in [7, 11) is 0. The number of benzene rings is 3. The van der Waals surface area contributed by atoms with Crippen LogP contribution in [-0.2, 0) is 22.6 Å². The fourth-order valence-corrected chi connectivity index (χ4v) is 7.01. The van der Waals surface area contributed by atoms with Gasteiger partial charge in [0.25, 0.3) is 5.91 Å². The van der Waals surface area contributed by atoms with E-state index in [2.05, 4.69) is 61.6 Å². The van der Waals surface area contributed by atoms with Gasteiger partial charge in [0, 0.05) is 50.1 Å². The zero-order chi connectivity index (χ0) is 32.1. The minimum Gasteiger partial charge on any atom is -0.354 e. The number of aromatic nitrogens is 4. The number of amides is 3. The third-order valence-electron chi connectivity index (χ3n) is 9.42. The van der Waals surface area contributed by atoms with E-state index in [4.69, 9.17) is 4.98 Å². The van der Waals surface area contributed by atoms with Crippen molar-refractivity contribution in [3.8, 4) is 5.82 Å². The number of hydrogen-bond donors (Lipinski definition) is 1. The van der Waals surface area contributed by atoms with Crippen molar-refractivity contribution in [3.63, 3.8) is 0 Å². The minimum atomic E-state index is -0.685. The van der Waals surface area contributed by atoms with Crippen molar-refractivity contribution in [1.29, 1.82) is 0 Å². The topological polar surface area (TPSA) is 117 Å². The molecule has 236 valence electrons. The van der Waals surface area contributed by atoms with E-state index in [9.17, 15) is 14.4 Å². The molecule has 2 saturated heterocycles. The van der Waals surface area contributed by atoms with Gasteiger partial charge in [0.05, 0.1) is 5.69 Å². The Labute approximate surface area is 271 Å². The molecule has 8 rings (SSSR count). The Kier molecular flexibility index (Phi) is 7.25. The van der Waals surface area contributed by atoms with Crippen LogP contribution in [0, 0.1) is 6.92 Å². The molecule has 0 saturated carbocycles. The van der Waals surface area contributed by atoms with Crippen LogP contribution in [0.2, 0.25) is 0 Å². The number of anilines is 2. The fraction of sp³-hybridized carbons (Fsp3) is 0.278. The van der Waals surface area contributed by atoms with Gasteiger partial charge in [0.2, 0.25) is 11.8 Å². The molecular weight excluding hydrogens is 592 g/mol. The van der Waals surface area contributed by atoms with Crippen LogP contribution in [0.3, 0.4) is 0 Å². The summed E-state index contributed by atoms with van der Waals surface area (Å²) in [6.45, 7) is 6.46. The highest BCUT2D eigenvalue weighted by Crippen LogP contribution is 2.41. The first-order valence-corrected chi connectivity index (χ1v) is 16.0. The molecule has 11 nitrogen and oxygen atoms in total. The zero-order valence-corrected chi connectivity index (χ0v) is 26.1. The van der Waals surface area contributed by atoms with Crippen molar-refractivity contribution in [2.75, 3.05) is 36.0 Å². The second kappa shape index (κ2) is 11.7. The first-order valence-electron chi connectivity index (χ1n) is 16.0. The first-order chi connectivity index (χ1) is 22.9. The summed E-state index contributed by atoms with van der Waals surface area (Å²) in [5.41, 5.74) is 4.94. The Morgan fingerprint density at radius 3 is 2.38 bits per heavy atom. The Hall–Kier alpha value is -5.42. The number of hydrogen-bond acceptors (Lipinski definition) is 8. The van der Waals surface area contributed by atoms with E-state index in [-0.39, 0.29) is 18.2 Å². The van der Waals surface area contributed by atoms with Crippen LogP contribution in [-0.4, -0.2) is 74.6 Å². The average Bonchev–Trinajstić information content (AvgIpc) is 3.65. The molecule has 3 aliphatic heterocycles. The van der Waals surface area contributed by atoms with Crippen LogP contribution in [0.15, 0.2) is 79.1 Å². The quantitative estimate of drug-likeness (QED) is 0.271. The standard InChI is InChI=1S/C36H34N8O3/c1-23-37-22-43(40-23)32-7-3-6-31(38-32)42-18-16-41(17-19-42)21-25-10-8-24(9-11-25)20-26-12-13-29-34-27(26)4-2-5-28(34)36(47)44(29)30-14-15-33(45)39-35(30)46/h2-13,22,30H,14-21H2,1H3,(H,39,45,46)/t30-/m0/s1. The summed E-state index contributed by atoms with van der Waals surface area (Å²) in [5, 5.41) is 8.67. The molecule has 2 fully saturated rings. The van der Waals surface area contributed by atoms with Gasteiger partial charge in [-0.25, -0.2) is 14.6 Å². The molecule has 3 aliphatic rings. The molecule has 0 radical (unpaired) electrons. The third kappa shape index (κ3) is 5.42. The van der Waals surface area contributed by atoms with Crippen molar-refractivity contribution in [2.24, 2.45) is 0 Å². The number of aryl methyl sites for hydroxylation is 1. The van der Waals surface area contributed by atoms with E-state index < -0.39 is 11.9 Å². The molecule has 2 aromatic heterocycles. The van der Waals surface area contributed by atoms with Crippen molar-refractivity contribution in [2.45, 2.75) is 38.8 Å². The predicted octanol–water partition coefficient (Wildman–Crippen LogP) is 3.80. The highest BCUT2D eigenvalue weighted by atomic mass is 16.2. The maximum Gasteiger partial charge on any atom is 0.259 e. The van der Waals surface area contributed by atoms with Crippen molar-refractivity contribution >= 4 is 40.0 Å². The van der Waals surface area contributed by atoms with E-state index >= 15 is 0 Å². The molecule has 0 bridgehead atoms. The number of carbonyl (C=O) groups is 3. The maximum atomic E-state index is 13.5. The van der Waals surface area contributed by atoms with Crippen molar-refractivity contribution in [3.05, 3.63) is 107 Å². The SMILES string of the molecule is Cc1ncn(-c2cccc(N3CCN(Cc4ccc(Cc5ccc6c7c(cccc57)C(=O)N6[C@H]5CCC(=O)NC5=O)cc4)CC3)n2)n1.